The maximum absolute atomic E-state index is 14.0. The van der Waals surface area contributed by atoms with Gasteiger partial charge in [-0.05, 0) is 63.2 Å². The van der Waals surface area contributed by atoms with Gasteiger partial charge in [-0.2, -0.15) is 4.31 Å². The molecule has 2 heterocycles. The lowest BCUT2D eigenvalue weighted by Crippen LogP contribution is -2.49. The zero-order valence-electron chi connectivity index (χ0n) is 20.3. The Bertz CT molecular complexity index is 1290. The fraction of sp³-hybridized carbons (Fsp3) is 0.440. The van der Waals surface area contributed by atoms with Crippen LogP contribution in [0.5, 0.6) is 0 Å². The molecule has 0 radical (unpaired) electrons. The highest BCUT2D eigenvalue weighted by Crippen LogP contribution is 2.33. The number of carbonyl (C=O) groups is 1. The number of aromatic nitrogens is 1. The number of nitrogens with zero attached hydrogens (tertiary/aromatic N) is 4. The number of likely N-dealkylation sites (N-methyl/N-ethyl adjacent to an activating group) is 1. The number of sulfonamides is 1. The number of hydrogen-bond donors (Lipinski definition) is 0. The minimum Gasteiger partial charge on any atom is -0.302 e. The lowest BCUT2D eigenvalue weighted by Gasteiger charge is -2.30. The van der Waals surface area contributed by atoms with E-state index in [2.05, 4.69) is 18.7 Å². The van der Waals surface area contributed by atoms with Crippen molar-refractivity contribution in [2.45, 2.75) is 44.6 Å². The van der Waals surface area contributed by atoms with Crippen LogP contribution in [-0.2, 0) is 14.8 Å². The van der Waals surface area contributed by atoms with Crippen LogP contribution in [0, 0.1) is 6.92 Å². The number of benzene rings is 2. The number of halogens is 1. The summed E-state index contributed by atoms with van der Waals surface area (Å²) in [5.74, 6) is -0.226. The van der Waals surface area contributed by atoms with E-state index < -0.39 is 16.1 Å². The van der Waals surface area contributed by atoms with Gasteiger partial charge < -0.3 is 4.90 Å². The lowest BCUT2D eigenvalue weighted by atomic mass is 10.2. The van der Waals surface area contributed by atoms with Crippen LogP contribution in [0.25, 0.3) is 10.2 Å². The van der Waals surface area contributed by atoms with Crippen LogP contribution >= 0.6 is 22.9 Å². The van der Waals surface area contributed by atoms with Crippen molar-refractivity contribution in [2.24, 2.45) is 0 Å². The second-order valence-electron chi connectivity index (χ2n) is 8.71. The van der Waals surface area contributed by atoms with Gasteiger partial charge in [0.05, 0.1) is 15.1 Å². The topological polar surface area (TPSA) is 73.8 Å². The Balaban J connectivity index is 1.67. The lowest BCUT2D eigenvalue weighted by molar-refractivity contribution is -0.121. The molecule has 35 heavy (non-hydrogen) atoms. The summed E-state index contributed by atoms with van der Waals surface area (Å²) < 4.78 is 29.2. The number of anilines is 1. The maximum Gasteiger partial charge on any atom is 0.247 e. The smallest absolute Gasteiger partial charge is 0.247 e. The number of hydrogen-bond acceptors (Lipinski definition) is 6. The second-order valence-corrected chi connectivity index (χ2v) is 12.0. The summed E-state index contributed by atoms with van der Waals surface area (Å²) in [5, 5.41) is 1.18. The van der Waals surface area contributed by atoms with Crippen molar-refractivity contribution in [1.29, 1.82) is 0 Å². The van der Waals surface area contributed by atoms with E-state index >= 15 is 0 Å². The van der Waals surface area contributed by atoms with Gasteiger partial charge in [0.15, 0.2) is 5.13 Å². The van der Waals surface area contributed by atoms with Crippen LogP contribution < -0.4 is 4.90 Å². The zero-order valence-corrected chi connectivity index (χ0v) is 22.7. The molecule has 10 heteroatoms. The van der Waals surface area contributed by atoms with E-state index in [1.54, 1.807) is 35.2 Å². The van der Waals surface area contributed by atoms with Crippen molar-refractivity contribution < 1.29 is 13.2 Å². The molecule has 1 fully saturated rings. The summed E-state index contributed by atoms with van der Waals surface area (Å²) in [4.78, 5) is 22.8. The molecular weight excluding hydrogens is 504 g/mol. The van der Waals surface area contributed by atoms with Gasteiger partial charge in [-0.3, -0.25) is 9.69 Å². The van der Waals surface area contributed by atoms with Gasteiger partial charge in [0.1, 0.15) is 6.04 Å². The molecule has 1 unspecified atom stereocenters. The van der Waals surface area contributed by atoms with E-state index in [4.69, 9.17) is 16.6 Å². The molecule has 1 aliphatic heterocycles. The SMILES string of the molecule is CCN(CC)CCN(C(=O)C1CCCN1S(=O)(=O)c1ccc(C)cc1)c1nc2ccc(Cl)cc2s1. The van der Waals surface area contributed by atoms with Crippen molar-refractivity contribution in [1.82, 2.24) is 14.2 Å². The van der Waals surface area contributed by atoms with E-state index in [1.165, 1.54) is 15.6 Å². The van der Waals surface area contributed by atoms with E-state index in [9.17, 15) is 13.2 Å². The molecule has 0 aliphatic carbocycles. The summed E-state index contributed by atoms with van der Waals surface area (Å²) in [6.45, 7) is 9.25. The van der Waals surface area contributed by atoms with Crippen LogP contribution in [0.2, 0.25) is 5.02 Å². The monoisotopic (exact) mass is 534 g/mol. The first-order valence-corrected chi connectivity index (χ1v) is 14.6. The molecule has 4 rings (SSSR count). The van der Waals surface area contributed by atoms with Gasteiger partial charge in [-0.15, -0.1) is 0 Å². The molecule has 2 aromatic carbocycles. The third-order valence-corrected chi connectivity index (χ3v) is 9.69. The van der Waals surface area contributed by atoms with Crippen molar-refractivity contribution in [3.05, 3.63) is 53.1 Å². The molecule has 7 nitrogen and oxygen atoms in total. The van der Waals surface area contributed by atoms with Crippen LogP contribution in [-0.4, -0.2) is 67.3 Å². The van der Waals surface area contributed by atoms with E-state index in [1.807, 2.05) is 19.1 Å². The Kier molecular flexibility index (Phi) is 8.12. The predicted molar refractivity (Wildman–Crippen MR) is 143 cm³/mol. The first-order chi connectivity index (χ1) is 16.7. The molecule has 1 aromatic heterocycles. The van der Waals surface area contributed by atoms with Gasteiger partial charge in [-0.25, -0.2) is 13.4 Å². The number of thiazole rings is 1. The Hall–Kier alpha value is -2.04. The fourth-order valence-electron chi connectivity index (χ4n) is 4.38. The number of amides is 1. The Labute approximate surface area is 216 Å². The quantitative estimate of drug-likeness (QED) is 0.395. The van der Waals surface area contributed by atoms with Crippen molar-refractivity contribution in [2.75, 3.05) is 37.6 Å². The predicted octanol–water partition coefficient (Wildman–Crippen LogP) is 4.79. The molecule has 1 atom stereocenters. The normalized spacial score (nSPS) is 16.9. The van der Waals surface area contributed by atoms with Crippen molar-refractivity contribution in [3.63, 3.8) is 0 Å². The number of carbonyl (C=O) groups excluding carboxylic acids is 1. The molecule has 0 N–H and O–H groups in total. The second kappa shape index (κ2) is 10.9. The number of aryl methyl sites for hydroxylation is 1. The molecular formula is C25H31ClN4O3S2. The highest BCUT2D eigenvalue weighted by molar-refractivity contribution is 7.89. The molecule has 1 aliphatic rings. The fourth-order valence-corrected chi connectivity index (χ4v) is 7.31. The summed E-state index contributed by atoms with van der Waals surface area (Å²) >= 11 is 7.57. The average Bonchev–Trinajstić information content (AvgIpc) is 3.49. The summed E-state index contributed by atoms with van der Waals surface area (Å²) in [6.07, 6.45) is 1.13. The maximum atomic E-state index is 14.0. The van der Waals surface area contributed by atoms with Gasteiger partial charge in [0.2, 0.25) is 15.9 Å². The number of fused-ring (bicyclic) bond motifs is 1. The van der Waals surface area contributed by atoms with Crippen molar-refractivity contribution in [3.8, 4) is 0 Å². The minimum atomic E-state index is -3.80. The standard InChI is InChI=1S/C25H31ClN4O3S2/c1-4-28(5-2)15-16-29(25-27-21-13-10-19(26)17-23(21)34-25)24(31)22-7-6-14-30(22)35(32,33)20-11-8-18(3)9-12-20/h8-13,17,22H,4-7,14-16H2,1-3H3. The van der Waals surface area contributed by atoms with E-state index in [0.29, 0.717) is 42.6 Å². The zero-order chi connectivity index (χ0) is 25.2. The van der Waals surface area contributed by atoms with Gasteiger partial charge in [0, 0.05) is 24.7 Å². The highest BCUT2D eigenvalue weighted by Gasteiger charge is 2.42. The number of rotatable bonds is 9. The first-order valence-electron chi connectivity index (χ1n) is 11.9. The van der Waals surface area contributed by atoms with Crippen molar-refractivity contribution >= 4 is 54.2 Å². The van der Waals surface area contributed by atoms with Crippen LogP contribution in [0.1, 0.15) is 32.3 Å². The Morgan fingerprint density at radius 2 is 1.86 bits per heavy atom. The van der Waals surface area contributed by atoms with Gasteiger partial charge >= 0.3 is 0 Å². The molecule has 0 spiro atoms. The minimum absolute atomic E-state index is 0.215. The highest BCUT2D eigenvalue weighted by atomic mass is 35.5. The molecule has 0 saturated carbocycles. The van der Waals surface area contributed by atoms with E-state index in [0.717, 1.165) is 28.9 Å². The first kappa shape index (κ1) is 26.0. The summed E-state index contributed by atoms with van der Waals surface area (Å²) in [6, 6.07) is 11.5. The van der Waals surface area contributed by atoms with E-state index in [-0.39, 0.29) is 10.8 Å². The Morgan fingerprint density at radius 3 is 2.54 bits per heavy atom. The van der Waals surface area contributed by atoms with Gasteiger partial charge in [0.25, 0.3) is 0 Å². The molecule has 1 saturated heterocycles. The largest absolute Gasteiger partial charge is 0.302 e. The molecule has 188 valence electrons. The summed E-state index contributed by atoms with van der Waals surface area (Å²) in [5.41, 5.74) is 1.75. The van der Waals surface area contributed by atoms with Crippen LogP contribution in [0.4, 0.5) is 5.13 Å². The third kappa shape index (κ3) is 5.54. The molecule has 0 bridgehead atoms. The molecule has 1 amide bonds. The van der Waals surface area contributed by atoms with Crippen LogP contribution in [0.15, 0.2) is 47.4 Å². The molecule has 3 aromatic rings. The summed E-state index contributed by atoms with van der Waals surface area (Å²) in [7, 11) is -3.80. The Morgan fingerprint density at radius 1 is 1.14 bits per heavy atom. The van der Waals surface area contributed by atoms with Gasteiger partial charge in [-0.1, -0.05) is 54.5 Å². The van der Waals surface area contributed by atoms with Crippen LogP contribution in [0.3, 0.4) is 0 Å². The average molecular weight is 535 g/mol. The third-order valence-electron chi connectivity index (χ3n) is 6.49.